The zero-order valence-corrected chi connectivity index (χ0v) is 10.1. The molecule has 0 heterocycles. The van der Waals surface area contributed by atoms with Crippen molar-refractivity contribution in [2.75, 3.05) is 0 Å². The molecule has 2 unspecified atom stereocenters. The van der Waals surface area contributed by atoms with E-state index in [0.29, 0.717) is 11.1 Å². The summed E-state index contributed by atoms with van der Waals surface area (Å²) >= 11 is 0. The maximum atomic E-state index is 10.4. The number of benzene rings is 1. The maximum absolute atomic E-state index is 10.4. The molecule has 0 amide bonds. The highest BCUT2D eigenvalue weighted by atomic mass is 16.3. The topological polar surface area (TPSA) is 40.5 Å². The first-order valence-corrected chi connectivity index (χ1v) is 5.52. The number of hydrogen-bond donors (Lipinski definition) is 2. The van der Waals surface area contributed by atoms with Crippen LogP contribution in [0.3, 0.4) is 0 Å². The predicted molar refractivity (Wildman–Crippen MR) is 66.0 cm³/mol. The highest BCUT2D eigenvalue weighted by molar-refractivity contribution is 5.27. The summed E-state index contributed by atoms with van der Waals surface area (Å²) in [6.45, 7) is 9.35. The smallest absolute Gasteiger partial charge is 0.116 e. The van der Waals surface area contributed by atoms with Gasteiger partial charge in [-0.3, -0.25) is 0 Å². The largest absolute Gasteiger partial charge is 0.385 e. The fourth-order valence-corrected chi connectivity index (χ4v) is 1.61. The quantitative estimate of drug-likeness (QED) is 0.765. The molecule has 1 aromatic carbocycles. The minimum atomic E-state index is -1.29. The van der Waals surface area contributed by atoms with Gasteiger partial charge in [0, 0.05) is 0 Å². The standard InChI is InChI=1S/C14H20O2/c1-10(2)11(3)13(15)14(4,16)12-8-6-5-7-9-12/h5-10,13,15-16H,3H2,1-2,4H3. The SMILES string of the molecule is C=C(C(C)C)C(O)C(C)(O)c1ccccc1. The van der Waals surface area contributed by atoms with Crippen LogP contribution in [0.2, 0.25) is 0 Å². The first kappa shape index (κ1) is 12.9. The van der Waals surface area contributed by atoms with Crippen molar-refractivity contribution in [1.82, 2.24) is 0 Å². The molecule has 0 bridgehead atoms. The van der Waals surface area contributed by atoms with E-state index in [1.165, 1.54) is 0 Å². The molecule has 0 spiro atoms. The lowest BCUT2D eigenvalue weighted by atomic mass is 9.83. The van der Waals surface area contributed by atoms with E-state index in [4.69, 9.17) is 0 Å². The van der Waals surface area contributed by atoms with Gasteiger partial charge >= 0.3 is 0 Å². The molecule has 2 atom stereocenters. The van der Waals surface area contributed by atoms with Gasteiger partial charge in [0.05, 0.1) is 0 Å². The third-order valence-electron chi connectivity index (χ3n) is 2.98. The lowest BCUT2D eigenvalue weighted by Crippen LogP contribution is -2.38. The zero-order valence-electron chi connectivity index (χ0n) is 10.1. The molecule has 16 heavy (non-hydrogen) atoms. The van der Waals surface area contributed by atoms with Crippen LogP contribution < -0.4 is 0 Å². The van der Waals surface area contributed by atoms with Crippen LogP contribution in [0.15, 0.2) is 42.5 Å². The molecule has 0 radical (unpaired) electrons. The van der Waals surface area contributed by atoms with Gasteiger partial charge in [0.2, 0.25) is 0 Å². The van der Waals surface area contributed by atoms with Crippen molar-refractivity contribution in [2.45, 2.75) is 32.5 Å². The van der Waals surface area contributed by atoms with E-state index in [1.54, 1.807) is 19.1 Å². The van der Waals surface area contributed by atoms with Crippen molar-refractivity contribution < 1.29 is 10.2 Å². The van der Waals surface area contributed by atoms with Crippen LogP contribution in [0.1, 0.15) is 26.3 Å². The summed E-state index contributed by atoms with van der Waals surface area (Å²) in [5.74, 6) is 0.144. The maximum Gasteiger partial charge on any atom is 0.116 e. The van der Waals surface area contributed by atoms with Crippen LogP contribution in [0, 0.1) is 5.92 Å². The molecule has 0 aromatic heterocycles. The molecule has 0 aliphatic carbocycles. The normalized spacial score (nSPS) is 16.9. The van der Waals surface area contributed by atoms with Crippen LogP contribution >= 0.6 is 0 Å². The Morgan fingerprint density at radius 3 is 2.19 bits per heavy atom. The average molecular weight is 220 g/mol. The fraction of sp³-hybridized carbons (Fsp3) is 0.429. The molecule has 1 aromatic rings. The van der Waals surface area contributed by atoms with Gasteiger partial charge in [-0.1, -0.05) is 50.8 Å². The van der Waals surface area contributed by atoms with Crippen molar-refractivity contribution in [3.63, 3.8) is 0 Å². The summed E-state index contributed by atoms with van der Waals surface area (Å²) in [4.78, 5) is 0. The lowest BCUT2D eigenvalue weighted by Gasteiger charge is -2.32. The van der Waals surface area contributed by atoms with E-state index in [-0.39, 0.29) is 5.92 Å². The molecule has 0 saturated carbocycles. The van der Waals surface area contributed by atoms with E-state index in [0.717, 1.165) is 0 Å². The average Bonchev–Trinajstić information content (AvgIpc) is 2.28. The van der Waals surface area contributed by atoms with Crippen molar-refractivity contribution in [1.29, 1.82) is 0 Å². The molecule has 0 fully saturated rings. The Morgan fingerprint density at radius 1 is 1.25 bits per heavy atom. The van der Waals surface area contributed by atoms with Gasteiger partial charge in [0.25, 0.3) is 0 Å². The van der Waals surface area contributed by atoms with E-state index < -0.39 is 11.7 Å². The first-order chi connectivity index (χ1) is 7.37. The summed E-state index contributed by atoms with van der Waals surface area (Å²) in [5.41, 5.74) is 0.0564. The van der Waals surface area contributed by atoms with Gasteiger partial charge < -0.3 is 10.2 Å². The summed E-state index contributed by atoms with van der Waals surface area (Å²) in [7, 11) is 0. The number of aliphatic hydroxyl groups is 2. The Labute approximate surface area is 97.2 Å². The highest BCUT2D eigenvalue weighted by Crippen LogP contribution is 2.30. The third-order valence-corrected chi connectivity index (χ3v) is 2.98. The van der Waals surface area contributed by atoms with Gasteiger partial charge in [0.15, 0.2) is 0 Å². The fourth-order valence-electron chi connectivity index (χ4n) is 1.61. The first-order valence-electron chi connectivity index (χ1n) is 5.52. The van der Waals surface area contributed by atoms with Crippen LogP contribution in [-0.2, 0) is 5.60 Å². The third kappa shape index (κ3) is 2.52. The molecule has 2 N–H and O–H groups in total. The van der Waals surface area contributed by atoms with Gasteiger partial charge in [-0.25, -0.2) is 0 Å². The number of aliphatic hydroxyl groups excluding tert-OH is 1. The Balaban J connectivity index is 2.98. The second-order valence-electron chi connectivity index (χ2n) is 4.65. The van der Waals surface area contributed by atoms with E-state index in [2.05, 4.69) is 6.58 Å². The van der Waals surface area contributed by atoms with Crippen LogP contribution in [0.4, 0.5) is 0 Å². The van der Waals surface area contributed by atoms with Crippen LogP contribution in [0.5, 0.6) is 0 Å². The molecule has 1 rings (SSSR count). The molecular weight excluding hydrogens is 200 g/mol. The summed E-state index contributed by atoms with van der Waals surface area (Å²) in [5, 5.41) is 20.5. The summed E-state index contributed by atoms with van der Waals surface area (Å²) in [6, 6.07) is 9.17. The minimum absolute atomic E-state index is 0.144. The van der Waals surface area contributed by atoms with Crippen molar-refractivity contribution in [3.8, 4) is 0 Å². The predicted octanol–water partition coefficient (Wildman–Crippen LogP) is 2.47. The zero-order chi connectivity index (χ0) is 12.3. The van der Waals surface area contributed by atoms with Crippen molar-refractivity contribution in [2.24, 2.45) is 5.92 Å². The molecule has 88 valence electrons. The van der Waals surface area contributed by atoms with Crippen LogP contribution in [-0.4, -0.2) is 16.3 Å². The highest BCUT2D eigenvalue weighted by Gasteiger charge is 2.34. The summed E-state index contributed by atoms with van der Waals surface area (Å²) in [6.07, 6.45) is -0.949. The van der Waals surface area contributed by atoms with Crippen molar-refractivity contribution >= 4 is 0 Å². The molecule has 0 aliphatic rings. The Kier molecular flexibility index (Phi) is 3.89. The molecular formula is C14H20O2. The number of hydrogen-bond acceptors (Lipinski definition) is 2. The summed E-state index contributed by atoms with van der Waals surface area (Å²) < 4.78 is 0. The monoisotopic (exact) mass is 220 g/mol. The minimum Gasteiger partial charge on any atom is -0.385 e. The second-order valence-corrected chi connectivity index (χ2v) is 4.65. The van der Waals surface area contributed by atoms with Crippen LogP contribution in [0.25, 0.3) is 0 Å². The molecule has 2 nitrogen and oxygen atoms in total. The lowest BCUT2D eigenvalue weighted by molar-refractivity contribution is -0.0510. The van der Waals surface area contributed by atoms with Gasteiger partial charge in [-0.05, 0) is 24.0 Å². The Bertz CT molecular complexity index is 352. The second kappa shape index (κ2) is 4.81. The van der Waals surface area contributed by atoms with Crippen molar-refractivity contribution in [3.05, 3.63) is 48.0 Å². The van der Waals surface area contributed by atoms with E-state index in [1.807, 2.05) is 32.0 Å². The van der Waals surface area contributed by atoms with E-state index in [9.17, 15) is 10.2 Å². The Morgan fingerprint density at radius 2 is 1.75 bits per heavy atom. The molecule has 0 aliphatic heterocycles. The number of rotatable bonds is 4. The Hall–Kier alpha value is -1.12. The molecule has 0 saturated heterocycles. The van der Waals surface area contributed by atoms with E-state index >= 15 is 0 Å². The molecule has 2 heteroatoms. The van der Waals surface area contributed by atoms with Gasteiger partial charge in [-0.15, -0.1) is 0 Å². The van der Waals surface area contributed by atoms with Gasteiger partial charge in [-0.2, -0.15) is 0 Å². The van der Waals surface area contributed by atoms with Gasteiger partial charge in [0.1, 0.15) is 11.7 Å².